The molecule has 2 rings (SSSR count). The largest absolute Gasteiger partial charge is 0.378 e. The number of anilines is 1. The van der Waals surface area contributed by atoms with Gasteiger partial charge in [-0.05, 0) is 59.2 Å². The molecule has 0 saturated heterocycles. The summed E-state index contributed by atoms with van der Waals surface area (Å²) in [6, 6.07) is 4.46. The van der Waals surface area contributed by atoms with Gasteiger partial charge in [0.05, 0.1) is 28.9 Å². The molecule has 3 N–H and O–H groups in total. The molecule has 1 heterocycles. The smallest absolute Gasteiger partial charge is 0.261 e. The van der Waals surface area contributed by atoms with Crippen molar-refractivity contribution in [2.45, 2.75) is 78.5 Å². The van der Waals surface area contributed by atoms with Crippen molar-refractivity contribution < 1.29 is 33.4 Å². The van der Waals surface area contributed by atoms with Gasteiger partial charge in [-0.25, -0.2) is 0 Å². The van der Waals surface area contributed by atoms with Crippen molar-refractivity contribution in [2.75, 3.05) is 32.2 Å². The molecular weight excluding hydrogens is 492 g/mol. The number of rotatable bonds is 14. The van der Waals surface area contributed by atoms with Crippen LogP contribution in [-0.2, 0) is 23.9 Å². The Bertz CT molecular complexity index is 1010. The molecule has 1 aliphatic rings. The van der Waals surface area contributed by atoms with Crippen molar-refractivity contribution >= 4 is 35.7 Å². The third-order valence-corrected chi connectivity index (χ3v) is 5.66. The molecule has 5 amide bonds. The Morgan fingerprint density at radius 3 is 2.29 bits per heavy atom. The number of fused-ring (bicyclic) bond motifs is 1. The van der Waals surface area contributed by atoms with E-state index in [4.69, 9.17) is 9.47 Å². The average Bonchev–Trinajstić information content (AvgIpc) is 3.11. The summed E-state index contributed by atoms with van der Waals surface area (Å²) in [7, 11) is 1.45. The lowest BCUT2D eigenvalue weighted by Crippen LogP contribution is -2.46. The van der Waals surface area contributed by atoms with Crippen LogP contribution in [0.15, 0.2) is 18.2 Å². The van der Waals surface area contributed by atoms with Gasteiger partial charge >= 0.3 is 0 Å². The highest BCUT2D eigenvalue weighted by atomic mass is 16.5. The van der Waals surface area contributed by atoms with Gasteiger partial charge in [0.1, 0.15) is 6.61 Å². The summed E-state index contributed by atoms with van der Waals surface area (Å²) in [5.41, 5.74) is 0.0765. The lowest BCUT2D eigenvalue weighted by Gasteiger charge is -2.33. The first-order valence-electron chi connectivity index (χ1n) is 12.7. The fourth-order valence-electron chi connectivity index (χ4n) is 3.69. The van der Waals surface area contributed by atoms with E-state index < -0.39 is 34.9 Å². The Morgan fingerprint density at radius 1 is 1.05 bits per heavy atom. The van der Waals surface area contributed by atoms with Crippen molar-refractivity contribution in [3.8, 4) is 0 Å². The van der Waals surface area contributed by atoms with E-state index in [0.29, 0.717) is 30.8 Å². The molecule has 0 radical (unpaired) electrons. The van der Waals surface area contributed by atoms with Crippen molar-refractivity contribution in [3.63, 3.8) is 0 Å². The van der Waals surface area contributed by atoms with Gasteiger partial charge in [-0.15, -0.1) is 0 Å². The lowest BCUT2D eigenvalue weighted by molar-refractivity contribution is -0.127. The predicted molar refractivity (Wildman–Crippen MR) is 144 cm³/mol. The average molecular weight is 535 g/mol. The van der Waals surface area contributed by atoms with Gasteiger partial charge in [0, 0.05) is 31.8 Å². The van der Waals surface area contributed by atoms with Gasteiger partial charge < -0.3 is 20.1 Å². The summed E-state index contributed by atoms with van der Waals surface area (Å²) in [5, 5.41) is 8.15. The molecule has 1 aromatic carbocycles. The SMILES string of the molecule is CC.COCC(=O)NCC(C)(C)OCC(C)(C)Nc1ccc2c(c1)C(=O)N(C(C)CCC(=O)NC=O)C2=O. The number of hydrogen-bond acceptors (Lipinski definition) is 8. The summed E-state index contributed by atoms with van der Waals surface area (Å²) in [6.07, 6.45) is 0.557. The number of nitrogens with one attached hydrogen (secondary N) is 3. The molecule has 1 unspecified atom stereocenters. The summed E-state index contributed by atoms with van der Waals surface area (Å²) in [5.74, 6) is -1.53. The van der Waals surface area contributed by atoms with Crippen LogP contribution < -0.4 is 16.0 Å². The van der Waals surface area contributed by atoms with Gasteiger partial charge in [-0.1, -0.05) is 13.8 Å². The number of imide groups is 2. The van der Waals surface area contributed by atoms with E-state index in [9.17, 15) is 24.0 Å². The highest BCUT2D eigenvalue weighted by molar-refractivity contribution is 6.22. The molecule has 0 aromatic heterocycles. The first-order chi connectivity index (χ1) is 17.8. The Hall–Kier alpha value is -3.31. The Labute approximate surface area is 225 Å². The highest BCUT2D eigenvalue weighted by Gasteiger charge is 2.39. The zero-order valence-electron chi connectivity index (χ0n) is 23.7. The quantitative estimate of drug-likeness (QED) is 0.244. The minimum absolute atomic E-state index is 0.0146. The third kappa shape index (κ3) is 9.53. The van der Waals surface area contributed by atoms with E-state index >= 15 is 0 Å². The number of methoxy groups -OCH3 is 1. The maximum atomic E-state index is 13.0. The Morgan fingerprint density at radius 2 is 1.68 bits per heavy atom. The topological polar surface area (TPSA) is 143 Å². The van der Waals surface area contributed by atoms with Crippen LogP contribution in [0.2, 0.25) is 0 Å². The van der Waals surface area contributed by atoms with Crippen LogP contribution in [0, 0.1) is 0 Å². The number of carbonyl (C=O) groups excluding carboxylic acids is 5. The summed E-state index contributed by atoms with van der Waals surface area (Å²) >= 11 is 0. The summed E-state index contributed by atoms with van der Waals surface area (Å²) in [6.45, 7) is 13.9. The molecule has 38 heavy (non-hydrogen) atoms. The van der Waals surface area contributed by atoms with E-state index in [0.717, 1.165) is 4.90 Å². The second-order valence-corrected chi connectivity index (χ2v) is 10.1. The van der Waals surface area contributed by atoms with Crippen LogP contribution in [0.25, 0.3) is 0 Å². The maximum Gasteiger partial charge on any atom is 0.261 e. The number of benzene rings is 1. The van der Waals surface area contributed by atoms with Crippen LogP contribution in [0.4, 0.5) is 5.69 Å². The molecule has 1 aromatic rings. The number of carbonyl (C=O) groups is 5. The van der Waals surface area contributed by atoms with Crippen LogP contribution >= 0.6 is 0 Å². The number of amides is 5. The molecule has 0 fully saturated rings. The maximum absolute atomic E-state index is 13.0. The fourth-order valence-corrected chi connectivity index (χ4v) is 3.69. The minimum Gasteiger partial charge on any atom is -0.378 e. The Balaban J connectivity index is 0.00000352. The molecule has 1 atom stereocenters. The van der Waals surface area contributed by atoms with Gasteiger partial charge in [-0.2, -0.15) is 0 Å². The molecular formula is C27H42N4O7. The van der Waals surface area contributed by atoms with Crippen molar-refractivity contribution in [3.05, 3.63) is 29.3 Å². The monoisotopic (exact) mass is 534 g/mol. The van der Waals surface area contributed by atoms with Gasteiger partial charge in [0.2, 0.25) is 18.2 Å². The standard InChI is InChI=1S/C25H36N4O7.C2H6/c1-16(7-10-20(31)27-15-30)29-22(33)18-9-8-17(11-19(18)23(29)34)28-24(2,3)14-36-25(4,5)13-26-21(32)12-35-6;1-2/h8-9,11,15-16,28H,7,10,12-14H2,1-6H3,(H,26,32)(H,27,30,31);1-2H3. The first kappa shape index (κ1) is 32.7. The van der Waals surface area contributed by atoms with E-state index in [1.54, 1.807) is 25.1 Å². The first-order valence-corrected chi connectivity index (χ1v) is 12.7. The molecule has 212 valence electrons. The molecule has 0 bridgehead atoms. The highest BCUT2D eigenvalue weighted by Crippen LogP contribution is 2.29. The zero-order chi connectivity index (χ0) is 29.1. The lowest BCUT2D eigenvalue weighted by atomic mass is 10.0. The van der Waals surface area contributed by atoms with E-state index in [1.165, 1.54) is 7.11 Å². The van der Waals surface area contributed by atoms with Gasteiger partial charge in [-0.3, -0.25) is 34.2 Å². The number of hydrogen-bond donors (Lipinski definition) is 3. The van der Waals surface area contributed by atoms with Crippen molar-refractivity contribution in [1.82, 2.24) is 15.5 Å². The van der Waals surface area contributed by atoms with Crippen LogP contribution in [0.1, 0.15) is 82.0 Å². The van der Waals surface area contributed by atoms with E-state index in [2.05, 4.69) is 10.6 Å². The number of nitrogens with zero attached hydrogens (tertiary/aromatic N) is 1. The second kappa shape index (κ2) is 14.6. The van der Waals surface area contributed by atoms with Crippen LogP contribution in [0.3, 0.4) is 0 Å². The molecule has 1 aliphatic heterocycles. The van der Waals surface area contributed by atoms with Gasteiger partial charge in [0.15, 0.2) is 0 Å². The summed E-state index contributed by atoms with van der Waals surface area (Å²) < 4.78 is 10.8. The zero-order valence-corrected chi connectivity index (χ0v) is 23.7. The van der Waals surface area contributed by atoms with Gasteiger partial charge in [0.25, 0.3) is 11.8 Å². The van der Waals surface area contributed by atoms with Crippen LogP contribution in [0.5, 0.6) is 0 Å². The Kier molecular flexibility index (Phi) is 12.6. The molecule has 11 nitrogen and oxygen atoms in total. The van der Waals surface area contributed by atoms with E-state index in [-0.39, 0.29) is 30.9 Å². The third-order valence-electron chi connectivity index (χ3n) is 5.66. The van der Waals surface area contributed by atoms with Crippen molar-refractivity contribution in [1.29, 1.82) is 0 Å². The second-order valence-electron chi connectivity index (χ2n) is 10.1. The van der Waals surface area contributed by atoms with Crippen molar-refractivity contribution in [2.24, 2.45) is 0 Å². The minimum atomic E-state index is -0.623. The van der Waals surface area contributed by atoms with Crippen LogP contribution in [-0.4, -0.2) is 79.0 Å². The molecule has 0 saturated carbocycles. The summed E-state index contributed by atoms with van der Waals surface area (Å²) in [4.78, 5) is 60.6. The molecule has 0 aliphatic carbocycles. The normalized spacial score (nSPS) is 13.7. The number of ether oxygens (including phenoxy) is 2. The fraction of sp³-hybridized carbons (Fsp3) is 0.593. The molecule has 0 spiro atoms. The molecule has 11 heteroatoms. The predicted octanol–water partition coefficient (Wildman–Crippen LogP) is 2.50. The van der Waals surface area contributed by atoms with E-state index in [1.807, 2.05) is 46.9 Å².